The van der Waals surface area contributed by atoms with E-state index in [0.29, 0.717) is 48.8 Å². The fraction of sp³-hybridized carbons (Fsp3) is 0.625. The van der Waals surface area contributed by atoms with E-state index in [1.165, 1.54) is 0 Å². The van der Waals surface area contributed by atoms with E-state index < -0.39 is 10.0 Å². The summed E-state index contributed by atoms with van der Waals surface area (Å²) in [5.74, 6) is 1.36. The number of hydrogen-bond acceptors (Lipinski definition) is 5. The molecule has 1 heterocycles. The van der Waals surface area contributed by atoms with Crippen molar-refractivity contribution >= 4 is 10.0 Å². The Morgan fingerprint density at radius 1 is 1.17 bits per heavy atom. The van der Waals surface area contributed by atoms with Gasteiger partial charge in [-0.3, -0.25) is 0 Å². The molecule has 23 heavy (non-hydrogen) atoms. The summed E-state index contributed by atoms with van der Waals surface area (Å²) in [7, 11) is -1.84. The monoisotopic (exact) mass is 340 g/mol. The first-order valence-corrected chi connectivity index (χ1v) is 9.44. The molecule has 0 spiro atoms. The molecule has 6 nitrogen and oxygen atoms in total. The number of ether oxygens (including phenoxy) is 2. The van der Waals surface area contributed by atoms with Gasteiger partial charge in [0.2, 0.25) is 10.0 Å². The number of nitrogens with two attached hydrogens (primary N) is 1. The summed E-state index contributed by atoms with van der Waals surface area (Å²) >= 11 is 0. The van der Waals surface area contributed by atoms with Gasteiger partial charge in [0.15, 0.2) is 0 Å². The quantitative estimate of drug-likeness (QED) is 0.784. The predicted molar refractivity (Wildman–Crippen MR) is 86.8 cm³/mol. The maximum absolute atomic E-state index is 12.8. The molecule has 1 aromatic carbocycles. The van der Waals surface area contributed by atoms with Crippen LogP contribution in [-0.4, -0.2) is 52.2 Å². The zero-order valence-corrected chi connectivity index (χ0v) is 14.2. The highest BCUT2D eigenvalue weighted by Crippen LogP contribution is 2.39. The van der Waals surface area contributed by atoms with Crippen LogP contribution in [0.3, 0.4) is 0 Å². The van der Waals surface area contributed by atoms with Crippen LogP contribution >= 0.6 is 0 Å². The highest BCUT2D eigenvalue weighted by molar-refractivity contribution is 7.89. The standard InChI is InChI=1S/C16H24N2O4S/c1-21-8-9-22-13-3-5-14(6-4-13)23(19,20)18-10-12-2-7-16(17)15(12)11-18/h3-6,12,15-16H,2,7-11,17H2,1H3. The first-order valence-electron chi connectivity index (χ1n) is 8.00. The van der Waals surface area contributed by atoms with Crippen molar-refractivity contribution < 1.29 is 17.9 Å². The minimum absolute atomic E-state index is 0.136. The molecule has 1 aliphatic heterocycles. The van der Waals surface area contributed by atoms with Gasteiger partial charge >= 0.3 is 0 Å². The Balaban J connectivity index is 1.68. The average molecular weight is 340 g/mol. The second-order valence-electron chi connectivity index (χ2n) is 6.30. The smallest absolute Gasteiger partial charge is 0.243 e. The van der Waals surface area contributed by atoms with Crippen LogP contribution in [0.5, 0.6) is 5.75 Å². The number of sulfonamides is 1. The summed E-state index contributed by atoms with van der Waals surface area (Å²) in [4.78, 5) is 0.310. The molecular formula is C16H24N2O4S. The summed E-state index contributed by atoms with van der Waals surface area (Å²) in [5.41, 5.74) is 6.09. The Labute approximate surface area is 137 Å². The lowest BCUT2D eigenvalue weighted by molar-refractivity contribution is 0.146. The van der Waals surface area contributed by atoms with Gasteiger partial charge in [0, 0.05) is 26.2 Å². The molecule has 0 aromatic heterocycles. The lowest BCUT2D eigenvalue weighted by Gasteiger charge is -2.18. The van der Waals surface area contributed by atoms with Gasteiger partial charge in [-0.05, 0) is 48.9 Å². The van der Waals surface area contributed by atoms with E-state index in [1.54, 1.807) is 35.7 Å². The van der Waals surface area contributed by atoms with E-state index in [4.69, 9.17) is 15.2 Å². The van der Waals surface area contributed by atoms with Gasteiger partial charge < -0.3 is 15.2 Å². The Bertz CT molecular complexity index is 632. The maximum Gasteiger partial charge on any atom is 0.243 e. The van der Waals surface area contributed by atoms with Crippen LogP contribution in [0, 0.1) is 11.8 Å². The lowest BCUT2D eigenvalue weighted by atomic mass is 9.98. The fourth-order valence-corrected chi connectivity index (χ4v) is 5.10. The zero-order chi connectivity index (χ0) is 16.4. The predicted octanol–water partition coefficient (Wildman–Crippen LogP) is 1.07. The number of methoxy groups -OCH3 is 1. The molecule has 3 rings (SSSR count). The van der Waals surface area contributed by atoms with Crippen LogP contribution in [0.1, 0.15) is 12.8 Å². The maximum atomic E-state index is 12.8. The van der Waals surface area contributed by atoms with Gasteiger partial charge in [-0.25, -0.2) is 8.42 Å². The molecule has 3 atom stereocenters. The summed E-state index contributed by atoms with van der Waals surface area (Å²) in [5, 5.41) is 0. The molecule has 3 unspecified atom stereocenters. The topological polar surface area (TPSA) is 81.9 Å². The lowest BCUT2D eigenvalue weighted by Crippen LogP contribution is -2.33. The van der Waals surface area contributed by atoms with Gasteiger partial charge in [0.1, 0.15) is 12.4 Å². The number of nitrogens with zero attached hydrogens (tertiary/aromatic N) is 1. The Morgan fingerprint density at radius 3 is 2.57 bits per heavy atom. The first-order chi connectivity index (χ1) is 11.0. The third-order valence-electron chi connectivity index (χ3n) is 4.90. The van der Waals surface area contributed by atoms with Crippen molar-refractivity contribution in [1.29, 1.82) is 0 Å². The number of hydrogen-bond donors (Lipinski definition) is 1. The largest absolute Gasteiger partial charge is 0.491 e. The van der Waals surface area contributed by atoms with Crippen LogP contribution in [0.25, 0.3) is 0 Å². The minimum atomic E-state index is -3.45. The van der Waals surface area contributed by atoms with Gasteiger partial charge in [-0.15, -0.1) is 0 Å². The van der Waals surface area contributed by atoms with Gasteiger partial charge in [-0.2, -0.15) is 4.31 Å². The van der Waals surface area contributed by atoms with Crippen molar-refractivity contribution in [2.75, 3.05) is 33.4 Å². The minimum Gasteiger partial charge on any atom is -0.491 e. The van der Waals surface area contributed by atoms with E-state index >= 15 is 0 Å². The summed E-state index contributed by atoms with van der Waals surface area (Å²) in [6.45, 7) is 2.07. The second-order valence-corrected chi connectivity index (χ2v) is 8.24. The molecule has 1 saturated carbocycles. The van der Waals surface area contributed by atoms with Gasteiger partial charge in [-0.1, -0.05) is 0 Å². The van der Waals surface area contributed by atoms with E-state index in [0.717, 1.165) is 12.8 Å². The molecule has 1 aliphatic carbocycles. The molecule has 1 saturated heterocycles. The third kappa shape index (κ3) is 3.38. The van der Waals surface area contributed by atoms with Crippen LogP contribution in [-0.2, 0) is 14.8 Å². The van der Waals surface area contributed by atoms with E-state index in [1.807, 2.05) is 0 Å². The molecule has 2 aliphatic rings. The highest BCUT2D eigenvalue weighted by atomic mass is 32.2. The van der Waals surface area contributed by atoms with Crippen LogP contribution in [0.2, 0.25) is 0 Å². The summed E-state index contributed by atoms with van der Waals surface area (Å²) in [6.07, 6.45) is 2.04. The number of benzene rings is 1. The second kappa shape index (κ2) is 6.76. The fourth-order valence-electron chi connectivity index (χ4n) is 3.56. The number of fused-ring (bicyclic) bond motifs is 1. The van der Waals surface area contributed by atoms with Crippen LogP contribution < -0.4 is 10.5 Å². The summed E-state index contributed by atoms with van der Waals surface area (Å²) in [6, 6.07) is 6.71. The molecular weight excluding hydrogens is 316 g/mol. The van der Waals surface area contributed by atoms with Crippen molar-refractivity contribution in [2.45, 2.75) is 23.8 Å². The molecule has 0 amide bonds. The van der Waals surface area contributed by atoms with E-state index in [2.05, 4.69) is 0 Å². The molecule has 0 radical (unpaired) electrons. The first kappa shape index (κ1) is 16.7. The van der Waals surface area contributed by atoms with Gasteiger partial charge in [0.25, 0.3) is 0 Å². The van der Waals surface area contributed by atoms with Crippen LogP contribution in [0.15, 0.2) is 29.2 Å². The van der Waals surface area contributed by atoms with Gasteiger partial charge in [0.05, 0.1) is 11.5 Å². The normalized spacial score (nSPS) is 28.0. The molecule has 2 fully saturated rings. The molecule has 128 valence electrons. The molecule has 2 N–H and O–H groups in total. The van der Waals surface area contributed by atoms with Crippen molar-refractivity contribution in [1.82, 2.24) is 4.31 Å². The van der Waals surface area contributed by atoms with Crippen LogP contribution in [0.4, 0.5) is 0 Å². The summed E-state index contributed by atoms with van der Waals surface area (Å²) < 4.78 is 37.5. The SMILES string of the molecule is COCCOc1ccc(S(=O)(=O)N2CC3CCC(N)C3C2)cc1. The zero-order valence-electron chi connectivity index (χ0n) is 13.3. The molecule has 1 aromatic rings. The molecule has 7 heteroatoms. The van der Waals surface area contributed by atoms with E-state index in [-0.39, 0.29) is 6.04 Å². The average Bonchev–Trinajstić information content (AvgIpc) is 3.11. The van der Waals surface area contributed by atoms with Crippen molar-refractivity contribution in [3.8, 4) is 5.75 Å². The number of rotatable bonds is 6. The Hall–Kier alpha value is -1.15. The van der Waals surface area contributed by atoms with E-state index in [9.17, 15) is 8.42 Å². The Morgan fingerprint density at radius 2 is 1.91 bits per heavy atom. The third-order valence-corrected chi connectivity index (χ3v) is 6.74. The molecule has 0 bridgehead atoms. The van der Waals surface area contributed by atoms with Crippen molar-refractivity contribution in [3.63, 3.8) is 0 Å². The van der Waals surface area contributed by atoms with Crippen molar-refractivity contribution in [2.24, 2.45) is 17.6 Å². The Kier molecular flexibility index (Phi) is 4.91. The highest BCUT2D eigenvalue weighted by Gasteiger charge is 2.44. The van der Waals surface area contributed by atoms with Crippen molar-refractivity contribution in [3.05, 3.63) is 24.3 Å².